The summed E-state index contributed by atoms with van der Waals surface area (Å²) < 4.78 is 49.4. The van der Waals surface area contributed by atoms with E-state index in [1.165, 1.54) is 6.26 Å². The molecule has 0 aliphatic carbocycles. The van der Waals surface area contributed by atoms with Gasteiger partial charge in [0.15, 0.2) is 0 Å². The summed E-state index contributed by atoms with van der Waals surface area (Å²) in [4.78, 5) is 15.0. The van der Waals surface area contributed by atoms with Crippen LogP contribution in [0.15, 0.2) is 82.8 Å². The molecule has 4 rings (SSSR count). The lowest BCUT2D eigenvalue weighted by molar-refractivity contribution is 0.595. The fraction of sp³-hybridized carbons (Fsp3) is 0.269. The average Bonchev–Trinajstić information content (AvgIpc) is 2.88. The van der Waals surface area contributed by atoms with Gasteiger partial charge in [-0.25, -0.2) is 26.8 Å². The molecule has 2 aromatic carbocycles. The highest BCUT2D eigenvalue weighted by molar-refractivity contribution is 7.91. The standard InChI is InChI=1S/C26H29N5O4S2/c1-36(32,33)16-15-31(14-6-5-7-21-17-20-18-29-26(27)30-25(20)19-28-21)22-10-12-24(13-11-22)37(34,35)23-8-3-2-4-9-23/h2-4,8-13,17-19H,5-7,14-16H2,1H3,(H2,27,29,30). The molecule has 0 unspecified atom stereocenters. The van der Waals surface area contributed by atoms with E-state index in [0.29, 0.717) is 18.6 Å². The summed E-state index contributed by atoms with van der Waals surface area (Å²) >= 11 is 0. The van der Waals surface area contributed by atoms with E-state index < -0.39 is 19.7 Å². The van der Waals surface area contributed by atoms with E-state index >= 15 is 0 Å². The second-order valence-electron chi connectivity index (χ2n) is 8.85. The van der Waals surface area contributed by atoms with Gasteiger partial charge in [0.1, 0.15) is 9.84 Å². The first-order chi connectivity index (χ1) is 17.6. The number of sulfone groups is 2. The number of nitrogens with zero attached hydrogens (tertiary/aromatic N) is 4. The van der Waals surface area contributed by atoms with Crippen LogP contribution in [0.2, 0.25) is 0 Å². The fourth-order valence-electron chi connectivity index (χ4n) is 3.96. The Morgan fingerprint density at radius 3 is 2.24 bits per heavy atom. The van der Waals surface area contributed by atoms with Crippen LogP contribution in [-0.4, -0.2) is 56.9 Å². The van der Waals surface area contributed by atoms with Gasteiger partial charge in [-0.1, -0.05) is 18.2 Å². The van der Waals surface area contributed by atoms with Gasteiger partial charge in [0.25, 0.3) is 0 Å². The SMILES string of the molecule is CS(=O)(=O)CCN(CCCCc1cc2cnc(N)nc2cn1)c1ccc(S(=O)(=O)c2ccccc2)cc1. The molecule has 2 aromatic heterocycles. The molecule has 0 aliphatic heterocycles. The minimum Gasteiger partial charge on any atom is -0.371 e. The number of unbranched alkanes of at least 4 members (excludes halogenated alkanes) is 1. The molecule has 11 heteroatoms. The quantitative estimate of drug-likeness (QED) is 0.285. The van der Waals surface area contributed by atoms with Gasteiger partial charge in [0, 0.05) is 42.3 Å². The monoisotopic (exact) mass is 539 g/mol. The van der Waals surface area contributed by atoms with Crippen molar-refractivity contribution in [2.45, 2.75) is 29.1 Å². The van der Waals surface area contributed by atoms with Crippen LogP contribution in [-0.2, 0) is 26.1 Å². The summed E-state index contributed by atoms with van der Waals surface area (Å²) in [6.07, 6.45) is 6.96. The lowest BCUT2D eigenvalue weighted by Gasteiger charge is -2.25. The highest BCUT2D eigenvalue weighted by Gasteiger charge is 2.18. The Morgan fingerprint density at radius 2 is 1.54 bits per heavy atom. The Morgan fingerprint density at radius 1 is 0.838 bits per heavy atom. The highest BCUT2D eigenvalue weighted by Crippen LogP contribution is 2.24. The maximum atomic E-state index is 12.9. The number of nitrogens with two attached hydrogens (primary N) is 1. The van der Waals surface area contributed by atoms with E-state index in [0.717, 1.165) is 36.0 Å². The molecule has 0 amide bonds. The summed E-state index contributed by atoms with van der Waals surface area (Å²) in [6, 6.07) is 16.8. The molecule has 194 valence electrons. The molecular formula is C26H29N5O4S2. The van der Waals surface area contributed by atoms with Crippen molar-refractivity contribution in [2.75, 3.05) is 35.7 Å². The zero-order chi connectivity index (χ0) is 26.5. The lowest BCUT2D eigenvalue weighted by Crippen LogP contribution is -2.30. The molecule has 0 saturated heterocycles. The fourth-order valence-corrected chi connectivity index (χ4v) is 5.79. The summed E-state index contributed by atoms with van der Waals surface area (Å²) in [5, 5.41) is 0.875. The number of hydrogen-bond donors (Lipinski definition) is 1. The molecule has 0 spiro atoms. The van der Waals surface area contributed by atoms with Gasteiger partial charge in [-0.15, -0.1) is 0 Å². The second kappa shape index (κ2) is 11.2. The average molecular weight is 540 g/mol. The number of anilines is 2. The highest BCUT2D eigenvalue weighted by atomic mass is 32.2. The van der Waals surface area contributed by atoms with E-state index in [-0.39, 0.29) is 21.5 Å². The minimum absolute atomic E-state index is 0.00638. The smallest absolute Gasteiger partial charge is 0.220 e. The molecule has 0 saturated carbocycles. The van der Waals surface area contributed by atoms with Crippen molar-refractivity contribution in [2.24, 2.45) is 0 Å². The van der Waals surface area contributed by atoms with Crippen molar-refractivity contribution in [3.05, 3.63) is 78.8 Å². The molecule has 2 N–H and O–H groups in total. The first-order valence-corrected chi connectivity index (χ1v) is 15.4. The van der Waals surface area contributed by atoms with E-state index in [4.69, 9.17) is 5.73 Å². The van der Waals surface area contributed by atoms with Crippen LogP contribution in [0.25, 0.3) is 10.9 Å². The van der Waals surface area contributed by atoms with E-state index in [9.17, 15) is 16.8 Å². The molecule has 2 heterocycles. The maximum Gasteiger partial charge on any atom is 0.220 e. The molecular weight excluding hydrogens is 510 g/mol. The number of hydrogen-bond acceptors (Lipinski definition) is 9. The predicted octanol–water partition coefficient (Wildman–Crippen LogP) is 3.31. The number of nitrogen functional groups attached to an aromatic ring is 1. The summed E-state index contributed by atoms with van der Waals surface area (Å²) in [5.41, 5.74) is 8.01. The van der Waals surface area contributed by atoms with Gasteiger partial charge in [-0.3, -0.25) is 4.98 Å². The molecule has 37 heavy (non-hydrogen) atoms. The maximum absolute atomic E-state index is 12.9. The van der Waals surface area contributed by atoms with Crippen molar-refractivity contribution >= 4 is 42.2 Å². The zero-order valence-electron chi connectivity index (χ0n) is 20.5. The Labute approximate surface area is 217 Å². The van der Waals surface area contributed by atoms with Crippen LogP contribution in [0.4, 0.5) is 11.6 Å². The predicted molar refractivity (Wildman–Crippen MR) is 145 cm³/mol. The van der Waals surface area contributed by atoms with Crippen molar-refractivity contribution in [3.8, 4) is 0 Å². The number of rotatable bonds is 11. The summed E-state index contributed by atoms with van der Waals surface area (Å²) in [7, 11) is -6.78. The summed E-state index contributed by atoms with van der Waals surface area (Å²) in [6.45, 7) is 0.935. The molecule has 9 nitrogen and oxygen atoms in total. The Hall–Kier alpha value is -3.57. The van der Waals surface area contributed by atoms with Crippen molar-refractivity contribution in [1.82, 2.24) is 15.0 Å². The summed E-state index contributed by atoms with van der Waals surface area (Å²) in [5.74, 6) is 0.216. The Kier molecular flexibility index (Phi) is 8.03. The Bertz CT molecular complexity index is 1580. The van der Waals surface area contributed by atoms with Crippen LogP contribution in [0, 0.1) is 0 Å². The van der Waals surface area contributed by atoms with Gasteiger partial charge >= 0.3 is 0 Å². The second-order valence-corrected chi connectivity index (χ2v) is 13.1. The van der Waals surface area contributed by atoms with Crippen molar-refractivity contribution in [3.63, 3.8) is 0 Å². The molecule has 0 atom stereocenters. The third kappa shape index (κ3) is 7.01. The largest absolute Gasteiger partial charge is 0.371 e. The van der Waals surface area contributed by atoms with E-state index in [1.807, 2.05) is 11.0 Å². The van der Waals surface area contributed by atoms with Crippen LogP contribution < -0.4 is 10.6 Å². The van der Waals surface area contributed by atoms with Gasteiger partial charge in [-0.05, 0) is 61.7 Å². The van der Waals surface area contributed by atoms with E-state index in [2.05, 4.69) is 15.0 Å². The van der Waals surface area contributed by atoms with Gasteiger partial charge in [0.05, 0.1) is 27.3 Å². The molecule has 0 radical (unpaired) electrons. The van der Waals surface area contributed by atoms with Crippen LogP contribution in [0.5, 0.6) is 0 Å². The normalized spacial score (nSPS) is 12.0. The number of pyridine rings is 1. The van der Waals surface area contributed by atoms with Gasteiger partial charge in [0.2, 0.25) is 15.8 Å². The minimum atomic E-state index is -3.62. The van der Waals surface area contributed by atoms with E-state index in [1.54, 1.807) is 67.0 Å². The topological polar surface area (TPSA) is 136 Å². The number of aromatic nitrogens is 3. The van der Waals surface area contributed by atoms with Crippen LogP contribution in [0.1, 0.15) is 18.5 Å². The van der Waals surface area contributed by atoms with Crippen molar-refractivity contribution in [1.29, 1.82) is 0 Å². The van der Waals surface area contributed by atoms with Gasteiger partial charge < -0.3 is 10.6 Å². The number of fused-ring (bicyclic) bond motifs is 1. The first kappa shape index (κ1) is 26.5. The zero-order valence-corrected chi connectivity index (χ0v) is 22.1. The Balaban J connectivity index is 1.43. The number of benzene rings is 2. The van der Waals surface area contributed by atoms with Crippen molar-refractivity contribution < 1.29 is 16.8 Å². The molecule has 4 aromatic rings. The number of aryl methyl sites for hydroxylation is 1. The molecule has 0 aliphatic rings. The van der Waals surface area contributed by atoms with Crippen LogP contribution >= 0.6 is 0 Å². The first-order valence-electron chi connectivity index (χ1n) is 11.8. The third-order valence-electron chi connectivity index (χ3n) is 5.95. The van der Waals surface area contributed by atoms with Gasteiger partial charge in [-0.2, -0.15) is 0 Å². The van der Waals surface area contributed by atoms with Crippen LogP contribution in [0.3, 0.4) is 0 Å². The lowest BCUT2D eigenvalue weighted by atomic mass is 10.1. The third-order valence-corrected chi connectivity index (χ3v) is 8.66. The molecule has 0 bridgehead atoms. The molecule has 0 fully saturated rings.